The molecule has 2 aliphatic heterocycles. The Morgan fingerprint density at radius 3 is 2.65 bits per heavy atom. The van der Waals surface area contributed by atoms with Crippen molar-refractivity contribution in [2.24, 2.45) is 5.41 Å². The van der Waals surface area contributed by atoms with Gasteiger partial charge in [0.25, 0.3) is 0 Å². The second kappa shape index (κ2) is 7.24. The molecule has 0 bridgehead atoms. The lowest BCUT2D eigenvalue weighted by molar-refractivity contribution is 0.0520. The van der Waals surface area contributed by atoms with Gasteiger partial charge in [-0.25, -0.2) is 0 Å². The van der Waals surface area contributed by atoms with Crippen molar-refractivity contribution >= 4 is 0 Å². The summed E-state index contributed by atoms with van der Waals surface area (Å²) in [6.45, 7) is 13.9. The smallest absolute Gasteiger partial charge is 0.0588 e. The first-order valence-corrected chi connectivity index (χ1v) is 8.59. The standard InChI is InChI=1S/C17H34N2O/c1-5-7-14-12-18-16(17(2,3)4)13-19(14)10-9-15-8-6-11-20-15/h14-16,18H,5-13H2,1-4H3. The highest BCUT2D eigenvalue weighted by Gasteiger charge is 2.33. The van der Waals surface area contributed by atoms with Crippen molar-refractivity contribution in [1.82, 2.24) is 10.2 Å². The van der Waals surface area contributed by atoms with Gasteiger partial charge in [-0.2, -0.15) is 0 Å². The van der Waals surface area contributed by atoms with E-state index in [2.05, 4.69) is 37.9 Å². The highest BCUT2D eigenvalue weighted by Crippen LogP contribution is 2.25. The maximum Gasteiger partial charge on any atom is 0.0588 e. The molecule has 3 atom stereocenters. The van der Waals surface area contributed by atoms with Gasteiger partial charge in [0.2, 0.25) is 0 Å². The van der Waals surface area contributed by atoms with Crippen LogP contribution in [-0.4, -0.2) is 49.3 Å². The first-order chi connectivity index (χ1) is 9.50. The SMILES string of the molecule is CCCC1CNC(C(C)(C)C)CN1CCC1CCCO1. The summed E-state index contributed by atoms with van der Waals surface area (Å²) in [6.07, 6.45) is 6.87. The van der Waals surface area contributed by atoms with Crippen LogP contribution in [0.5, 0.6) is 0 Å². The topological polar surface area (TPSA) is 24.5 Å². The highest BCUT2D eigenvalue weighted by molar-refractivity contribution is 4.92. The first kappa shape index (κ1) is 16.3. The fourth-order valence-electron chi connectivity index (χ4n) is 3.51. The van der Waals surface area contributed by atoms with Crippen LogP contribution in [0, 0.1) is 5.41 Å². The predicted molar refractivity (Wildman–Crippen MR) is 85.1 cm³/mol. The van der Waals surface area contributed by atoms with Crippen LogP contribution < -0.4 is 5.32 Å². The van der Waals surface area contributed by atoms with Crippen LogP contribution in [0.25, 0.3) is 0 Å². The van der Waals surface area contributed by atoms with Crippen molar-refractivity contribution in [2.45, 2.75) is 78.0 Å². The van der Waals surface area contributed by atoms with Gasteiger partial charge in [0.15, 0.2) is 0 Å². The minimum absolute atomic E-state index is 0.347. The summed E-state index contributed by atoms with van der Waals surface area (Å²) in [6, 6.07) is 1.33. The molecule has 2 aliphatic rings. The van der Waals surface area contributed by atoms with Crippen molar-refractivity contribution in [3.8, 4) is 0 Å². The molecule has 0 amide bonds. The maximum absolute atomic E-state index is 5.79. The van der Waals surface area contributed by atoms with E-state index in [1.165, 1.54) is 45.2 Å². The third-order valence-electron chi connectivity index (χ3n) is 4.96. The normalized spacial score (nSPS) is 32.7. The van der Waals surface area contributed by atoms with E-state index in [0.29, 0.717) is 17.6 Å². The van der Waals surface area contributed by atoms with E-state index in [9.17, 15) is 0 Å². The van der Waals surface area contributed by atoms with Gasteiger partial charge in [0.05, 0.1) is 6.10 Å². The average Bonchev–Trinajstić information content (AvgIpc) is 2.89. The van der Waals surface area contributed by atoms with E-state index in [1.54, 1.807) is 0 Å². The van der Waals surface area contributed by atoms with Crippen LogP contribution in [-0.2, 0) is 4.74 Å². The Morgan fingerprint density at radius 1 is 1.25 bits per heavy atom. The second-order valence-electron chi connectivity index (χ2n) is 7.69. The molecular weight excluding hydrogens is 248 g/mol. The lowest BCUT2D eigenvalue weighted by Gasteiger charge is -2.45. The molecule has 0 saturated carbocycles. The Morgan fingerprint density at radius 2 is 2.05 bits per heavy atom. The minimum Gasteiger partial charge on any atom is -0.378 e. The van der Waals surface area contributed by atoms with Gasteiger partial charge in [-0.3, -0.25) is 4.90 Å². The molecule has 2 heterocycles. The number of piperazine rings is 1. The van der Waals surface area contributed by atoms with Crippen LogP contribution in [0.4, 0.5) is 0 Å². The van der Waals surface area contributed by atoms with Gasteiger partial charge in [0, 0.05) is 38.3 Å². The van der Waals surface area contributed by atoms with E-state index in [-0.39, 0.29) is 0 Å². The quantitative estimate of drug-likeness (QED) is 0.839. The number of hydrogen-bond acceptors (Lipinski definition) is 3. The number of nitrogens with one attached hydrogen (secondary N) is 1. The fraction of sp³-hybridized carbons (Fsp3) is 1.00. The van der Waals surface area contributed by atoms with E-state index in [4.69, 9.17) is 4.74 Å². The first-order valence-electron chi connectivity index (χ1n) is 8.59. The number of ether oxygens (including phenoxy) is 1. The molecule has 3 unspecified atom stereocenters. The minimum atomic E-state index is 0.347. The zero-order valence-corrected chi connectivity index (χ0v) is 14.0. The lowest BCUT2D eigenvalue weighted by atomic mass is 9.84. The molecular formula is C17H34N2O. The molecule has 118 valence electrons. The molecule has 3 nitrogen and oxygen atoms in total. The predicted octanol–water partition coefficient (Wildman–Crippen LogP) is 3.04. The molecule has 0 aromatic carbocycles. The molecule has 2 rings (SSSR count). The monoisotopic (exact) mass is 282 g/mol. The molecule has 0 radical (unpaired) electrons. The van der Waals surface area contributed by atoms with E-state index >= 15 is 0 Å². The average molecular weight is 282 g/mol. The van der Waals surface area contributed by atoms with Crippen molar-refractivity contribution in [3.05, 3.63) is 0 Å². The molecule has 0 aromatic heterocycles. The van der Waals surface area contributed by atoms with Crippen molar-refractivity contribution in [3.63, 3.8) is 0 Å². The van der Waals surface area contributed by atoms with Crippen LogP contribution in [0.1, 0.15) is 59.8 Å². The second-order valence-corrected chi connectivity index (χ2v) is 7.69. The maximum atomic E-state index is 5.79. The number of hydrogen-bond donors (Lipinski definition) is 1. The largest absolute Gasteiger partial charge is 0.378 e. The Hall–Kier alpha value is -0.120. The number of rotatable bonds is 5. The molecule has 1 N–H and O–H groups in total. The lowest BCUT2D eigenvalue weighted by Crippen LogP contribution is -2.60. The Balaban J connectivity index is 1.88. The van der Waals surface area contributed by atoms with Crippen molar-refractivity contribution < 1.29 is 4.74 Å². The zero-order valence-electron chi connectivity index (χ0n) is 14.0. The molecule has 2 saturated heterocycles. The van der Waals surface area contributed by atoms with E-state index in [0.717, 1.165) is 19.2 Å². The summed E-state index contributed by atoms with van der Waals surface area (Å²) >= 11 is 0. The third kappa shape index (κ3) is 4.44. The molecule has 0 aromatic rings. The van der Waals surface area contributed by atoms with Gasteiger partial charge in [-0.1, -0.05) is 34.1 Å². The Bertz CT molecular complexity index is 281. The van der Waals surface area contributed by atoms with Crippen molar-refractivity contribution in [2.75, 3.05) is 26.2 Å². The van der Waals surface area contributed by atoms with Crippen LogP contribution in [0.2, 0.25) is 0 Å². The van der Waals surface area contributed by atoms with Crippen LogP contribution in [0.15, 0.2) is 0 Å². The molecule has 2 fully saturated rings. The summed E-state index contributed by atoms with van der Waals surface area (Å²) in [4.78, 5) is 2.73. The molecule has 0 aliphatic carbocycles. The van der Waals surface area contributed by atoms with Gasteiger partial charge < -0.3 is 10.1 Å². The van der Waals surface area contributed by atoms with Gasteiger partial charge in [-0.15, -0.1) is 0 Å². The van der Waals surface area contributed by atoms with Crippen LogP contribution in [0.3, 0.4) is 0 Å². The fourth-order valence-corrected chi connectivity index (χ4v) is 3.51. The summed E-state index contributed by atoms with van der Waals surface area (Å²) in [5, 5.41) is 3.78. The third-order valence-corrected chi connectivity index (χ3v) is 4.96. The summed E-state index contributed by atoms with van der Waals surface area (Å²) < 4.78 is 5.79. The Kier molecular flexibility index (Phi) is 5.88. The van der Waals surface area contributed by atoms with Crippen LogP contribution >= 0.6 is 0 Å². The number of nitrogens with zero attached hydrogens (tertiary/aromatic N) is 1. The summed E-state index contributed by atoms with van der Waals surface area (Å²) in [5.74, 6) is 0. The highest BCUT2D eigenvalue weighted by atomic mass is 16.5. The molecule has 3 heteroatoms. The van der Waals surface area contributed by atoms with E-state index < -0.39 is 0 Å². The molecule has 20 heavy (non-hydrogen) atoms. The van der Waals surface area contributed by atoms with Gasteiger partial charge >= 0.3 is 0 Å². The summed E-state index contributed by atoms with van der Waals surface area (Å²) in [7, 11) is 0. The van der Waals surface area contributed by atoms with Crippen molar-refractivity contribution in [1.29, 1.82) is 0 Å². The molecule has 0 spiro atoms. The van der Waals surface area contributed by atoms with Gasteiger partial charge in [-0.05, 0) is 31.1 Å². The van der Waals surface area contributed by atoms with Gasteiger partial charge in [0.1, 0.15) is 0 Å². The van der Waals surface area contributed by atoms with E-state index in [1.807, 2.05) is 0 Å². The summed E-state index contributed by atoms with van der Waals surface area (Å²) in [5.41, 5.74) is 0.347. The Labute approximate surface area is 125 Å². The zero-order chi connectivity index (χ0) is 14.6.